The largest absolute Gasteiger partial charge is 0.458 e. The smallest absolute Gasteiger partial charge is 0.338 e. The van der Waals surface area contributed by atoms with E-state index in [0.717, 1.165) is 18.7 Å². The molecule has 6 atom stereocenters. The molecule has 2 aromatic carbocycles. The topological polar surface area (TPSA) is 95.5 Å². The van der Waals surface area contributed by atoms with Gasteiger partial charge in [-0.2, -0.15) is 0 Å². The number of hydrogen-bond donors (Lipinski definition) is 1. The Morgan fingerprint density at radius 3 is 2.32 bits per heavy atom. The van der Waals surface area contributed by atoms with Crippen molar-refractivity contribution in [2.75, 3.05) is 13.1 Å². The van der Waals surface area contributed by atoms with Crippen molar-refractivity contribution in [3.63, 3.8) is 0 Å². The normalized spacial score (nSPS) is 32.8. The van der Waals surface area contributed by atoms with Crippen LogP contribution in [0.3, 0.4) is 0 Å². The molecule has 6 rings (SSSR count). The van der Waals surface area contributed by atoms with E-state index in [9.17, 15) is 14.4 Å². The lowest BCUT2D eigenvalue weighted by Gasteiger charge is -2.38. The number of rotatable bonds is 5. The number of carbonyl (C=O) groups is 3. The Bertz CT molecular complexity index is 1100. The quantitative estimate of drug-likeness (QED) is 0.538. The highest BCUT2D eigenvalue weighted by Crippen LogP contribution is 2.59. The van der Waals surface area contributed by atoms with E-state index in [1.807, 2.05) is 36.4 Å². The predicted molar refractivity (Wildman–Crippen MR) is 119 cm³/mol. The van der Waals surface area contributed by atoms with E-state index >= 15 is 0 Å². The van der Waals surface area contributed by atoms with Crippen LogP contribution in [-0.2, 0) is 29.4 Å². The lowest BCUT2D eigenvalue weighted by atomic mass is 9.78. The lowest BCUT2D eigenvalue weighted by molar-refractivity contribution is -0.668. The average molecular weight is 463 g/mol. The van der Waals surface area contributed by atoms with Crippen LogP contribution in [0, 0.1) is 23.7 Å². The highest BCUT2D eigenvalue weighted by molar-refractivity contribution is 5.90. The second-order valence-electron chi connectivity index (χ2n) is 9.90. The Labute approximate surface area is 197 Å². The van der Waals surface area contributed by atoms with Gasteiger partial charge in [-0.3, -0.25) is 9.59 Å². The maximum absolute atomic E-state index is 13.7. The van der Waals surface area contributed by atoms with Crippen LogP contribution in [0.15, 0.2) is 60.7 Å². The summed E-state index contributed by atoms with van der Waals surface area (Å²) in [7, 11) is 0. The van der Waals surface area contributed by atoms with Crippen molar-refractivity contribution in [2.24, 2.45) is 23.7 Å². The fourth-order valence-electron chi connectivity index (χ4n) is 6.63. The molecule has 0 radical (unpaired) electrons. The molecule has 2 saturated carbocycles. The highest BCUT2D eigenvalue weighted by atomic mass is 16.6. The summed E-state index contributed by atoms with van der Waals surface area (Å²) in [5, 5.41) is 2.23. The molecule has 6 unspecified atom stereocenters. The minimum atomic E-state index is -0.701. The van der Waals surface area contributed by atoms with Gasteiger partial charge in [-0.25, -0.2) is 4.79 Å². The van der Waals surface area contributed by atoms with Gasteiger partial charge in [0.1, 0.15) is 17.8 Å². The number of benzene rings is 2. The molecule has 4 aliphatic rings. The van der Waals surface area contributed by atoms with Crippen LogP contribution < -0.4 is 5.32 Å². The van der Waals surface area contributed by atoms with Crippen molar-refractivity contribution in [1.29, 1.82) is 0 Å². The van der Waals surface area contributed by atoms with Gasteiger partial charge in [-0.05, 0) is 24.1 Å². The van der Waals surface area contributed by atoms with Gasteiger partial charge in [-0.15, -0.1) is 0 Å². The minimum absolute atomic E-state index is 0.115. The molecule has 2 aliphatic heterocycles. The third kappa shape index (κ3) is 3.33. The molecule has 176 valence electrons. The van der Waals surface area contributed by atoms with Gasteiger partial charge >= 0.3 is 17.9 Å². The number of carbonyl (C=O) groups excluding carboxylic acids is 3. The van der Waals surface area contributed by atoms with E-state index in [0.29, 0.717) is 24.8 Å². The van der Waals surface area contributed by atoms with Crippen molar-refractivity contribution in [2.45, 2.75) is 37.1 Å². The van der Waals surface area contributed by atoms with Crippen LogP contribution in [0.1, 0.15) is 35.2 Å². The van der Waals surface area contributed by atoms with Crippen LogP contribution in [0.2, 0.25) is 0 Å². The van der Waals surface area contributed by atoms with Gasteiger partial charge < -0.3 is 19.5 Å². The summed E-state index contributed by atoms with van der Waals surface area (Å²) < 4.78 is 17.8. The fraction of sp³-hybridized carbons (Fsp3) is 0.444. The molecule has 4 fully saturated rings. The fourth-order valence-corrected chi connectivity index (χ4v) is 6.63. The van der Waals surface area contributed by atoms with E-state index < -0.39 is 35.6 Å². The summed E-state index contributed by atoms with van der Waals surface area (Å²) in [4.78, 5) is 39.3. The van der Waals surface area contributed by atoms with E-state index in [1.165, 1.54) is 0 Å². The Morgan fingerprint density at radius 2 is 1.62 bits per heavy atom. The number of nitrogens with two attached hydrogens (primary N) is 1. The molecule has 7 heteroatoms. The zero-order valence-corrected chi connectivity index (χ0v) is 18.8. The van der Waals surface area contributed by atoms with E-state index in [4.69, 9.17) is 14.2 Å². The second kappa shape index (κ2) is 8.24. The molecule has 7 nitrogen and oxygen atoms in total. The maximum atomic E-state index is 13.7. The van der Waals surface area contributed by atoms with Gasteiger partial charge in [0.2, 0.25) is 0 Å². The molecule has 2 bridgehead atoms. The number of fused-ring (bicyclic) bond motifs is 1. The SMILES string of the molecule is O=C(OC1C2CC3C1OC(=O)C3C2C(=O)OC1(c2ccccc2)CC[NH2+]CC1)c1ccccc1. The van der Waals surface area contributed by atoms with Gasteiger partial charge in [0.25, 0.3) is 0 Å². The lowest BCUT2D eigenvalue weighted by Crippen LogP contribution is -2.87. The number of esters is 3. The Morgan fingerprint density at radius 1 is 0.941 bits per heavy atom. The van der Waals surface area contributed by atoms with Crippen molar-refractivity contribution in [1.82, 2.24) is 0 Å². The van der Waals surface area contributed by atoms with Crippen molar-refractivity contribution in [3.05, 3.63) is 71.8 Å². The summed E-state index contributed by atoms with van der Waals surface area (Å²) in [6, 6.07) is 18.6. The van der Waals surface area contributed by atoms with Gasteiger partial charge in [-0.1, -0.05) is 48.5 Å². The Balaban J connectivity index is 1.27. The predicted octanol–water partition coefficient (Wildman–Crippen LogP) is 1.82. The zero-order chi connectivity index (χ0) is 23.3. The van der Waals surface area contributed by atoms with Crippen molar-refractivity contribution >= 4 is 17.9 Å². The van der Waals surface area contributed by atoms with Gasteiger partial charge in [0.05, 0.1) is 30.5 Å². The van der Waals surface area contributed by atoms with Crippen LogP contribution in [0.25, 0.3) is 0 Å². The number of quaternary nitrogens is 1. The molecule has 0 aromatic heterocycles. The first kappa shape index (κ1) is 21.4. The second-order valence-corrected chi connectivity index (χ2v) is 9.90. The molecular formula is C27H28NO6+. The Kier molecular flexibility index (Phi) is 5.17. The summed E-state index contributed by atoms with van der Waals surface area (Å²) in [5.74, 6) is -2.78. The molecule has 2 heterocycles. The first-order valence-electron chi connectivity index (χ1n) is 12.1. The highest BCUT2D eigenvalue weighted by Gasteiger charge is 2.70. The van der Waals surface area contributed by atoms with Crippen molar-refractivity contribution in [3.8, 4) is 0 Å². The van der Waals surface area contributed by atoms with E-state index in [-0.39, 0.29) is 23.8 Å². The van der Waals surface area contributed by atoms with E-state index in [1.54, 1.807) is 24.3 Å². The molecule has 2 saturated heterocycles. The summed E-state index contributed by atoms with van der Waals surface area (Å²) in [5.41, 5.74) is 0.720. The third-order valence-electron chi connectivity index (χ3n) is 8.17. The molecule has 34 heavy (non-hydrogen) atoms. The van der Waals surface area contributed by atoms with Crippen LogP contribution in [0.4, 0.5) is 0 Å². The number of ether oxygens (including phenoxy) is 3. The Hall–Kier alpha value is -3.19. The number of hydrogen-bond acceptors (Lipinski definition) is 6. The minimum Gasteiger partial charge on any atom is -0.458 e. The third-order valence-corrected chi connectivity index (χ3v) is 8.17. The number of piperidine rings is 1. The zero-order valence-electron chi connectivity index (χ0n) is 18.8. The van der Waals surface area contributed by atoms with Crippen LogP contribution in [-0.4, -0.2) is 43.2 Å². The summed E-state index contributed by atoms with van der Waals surface area (Å²) >= 11 is 0. The van der Waals surface area contributed by atoms with Crippen LogP contribution >= 0.6 is 0 Å². The van der Waals surface area contributed by atoms with Gasteiger partial charge in [0.15, 0.2) is 0 Å². The van der Waals surface area contributed by atoms with E-state index in [2.05, 4.69) is 5.32 Å². The van der Waals surface area contributed by atoms with Gasteiger partial charge in [0, 0.05) is 24.7 Å². The average Bonchev–Trinajstić information content (AvgIpc) is 3.49. The molecule has 0 spiro atoms. The summed E-state index contributed by atoms with van der Waals surface area (Å²) in [6.07, 6.45) is 0.943. The summed E-state index contributed by atoms with van der Waals surface area (Å²) in [6.45, 7) is 1.73. The molecule has 2 aliphatic carbocycles. The maximum Gasteiger partial charge on any atom is 0.338 e. The van der Waals surface area contributed by atoms with Crippen LogP contribution in [0.5, 0.6) is 0 Å². The standard InChI is InChI=1S/C27H27NO6/c29-24(16-7-3-1-4-8-16)32-22-19-15-18-20(25(30)33-23(18)22)21(19)26(31)34-27(11-13-28-14-12-27)17-9-5-2-6-10-17/h1-10,18-23,28H,11-15H2/p+1. The first-order chi connectivity index (χ1) is 16.6. The molecule has 0 amide bonds. The van der Waals surface area contributed by atoms with Crippen molar-refractivity contribution < 1.29 is 33.9 Å². The first-order valence-corrected chi connectivity index (χ1v) is 12.1. The monoisotopic (exact) mass is 462 g/mol. The molecule has 2 N–H and O–H groups in total. The molecule has 2 aromatic rings. The molecular weight excluding hydrogens is 434 g/mol.